The van der Waals surface area contributed by atoms with Gasteiger partial charge in [0.1, 0.15) is 0 Å². The van der Waals surface area contributed by atoms with E-state index in [1.807, 2.05) is 6.07 Å². The van der Waals surface area contributed by atoms with Crippen LogP contribution >= 0.6 is 23.1 Å². The SMILES string of the molecule is CCc1ccccc1Nc1nnc(SC(C)C)s1. The first-order valence-corrected chi connectivity index (χ1v) is 7.73. The second-order valence-electron chi connectivity index (χ2n) is 4.18. The van der Waals surface area contributed by atoms with E-state index in [1.165, 1.54) is 5.56 Å². The highest BCUT2D eigenvalue weighted by Crippen LogP contribution is 2.30. The van der Waals surface area contributed by atoms with Gasteiger partial charge in [0.05, 0.1) is 0 Å². The zero-order chi connectivity index (χ0) is 13.0. The lowest BCUT2D eigenvalue weighted by Crippen LogP contribution is -1.94. The first-order chi connectivity index (χ1) is 8.69. The van der Waals surface area contributed by atoms with Crippen LogP contribution in [0.3, 0.4) is 0 Å². The molecule has 1 heterocycles. The summed E-state index contributed by atoms with van der Waals surface area (Å²) in [5, 5.41) is 13.1. The minimum atomic E-state index is 0.536. The molecule has 0 amide bonds. The van der Waals surface area contributed by atoms with E-state index in [0.717, 1.165) is 21.6 Å². The van der Waals surface area contributed by atoms with Gasteiger partial charge in [-0.05, 0) is 18.1 Å². The van der Waals surface area contributed by atoms with Gasteiger partial charge in [0.25, 0.3) is 0 Å². The summed E-state index contributed by atoms with van der Waals surface area (Å²) in [5.41, 5.74) is 2.42. The first kappa shape index (κ1) is 13.4. The van der Waals surface area contributed by atoms with Gasteiger partial charge in [0, 0.05) is 10.9 Å². The van der Waals surface area contributed by atoms with E-state index in [4.69, 9.17) is 0 Å². The van der Waals surface area contributed by atoms with Gasteiger partial charge < -0.3 is 5.32 Å². The molecule has 0 radical (unpaired) electrons. The fourth-order valence-electron chi connectivity index (χ4n) is 1.58. The molecule has 2 aromatic rings. The number of aromatic nitrogens is 2. The normalized spacial score (nSPS) is 10.9. The molecule has 1 N–H and O–H groups in total. The third-order valence-electron chi connectivity index (χ3n) is 2.38. The zero-order valence-electron chi connectivity index (χ0n) is 10.8. The summed E-state index contributed by atoms with van der Waals surface area (Å²) in [7, 11) is 0. The van der Waals surface area contributed by atoms with E-state index in [0.29, 0.717) is 5.25 Å². The Balaban J connectivity index is 2.11. The van der Waals surface area contributed by atoms with Crippen LogP contribution in [0.1, 0.15) is 26.3 Å². The fraction of sp³-hybridized carbons (Fsp3) is 0.385. The molecule has 0 spiro atoms. The molecule has 2 rings (SSSR count). The van der Waals surface area contributed by atoms with Crippen molar-refractivity contribution in [3.63, 3.8) is 0 Å². The van der Waals surface area contributed by atoms with E-state index in [2.05, 4.69) is 54.5 Å². The van der Waals surface area contributed by atoms with Gasteiger partial charge in [-0.2, -0.15) is 0 Å². The summed E-state index contributed by atoms with van der Waals surface area (Å²) in [6.45, 7) is 6.47. The summed E-state index contributed by atoms with van der Waals surface area (Å²) in [6, 6.07) is 8.30. The molecule has 18 heavy (non-hydrogen) atoms. The number of hydrogen-bond acceptors (Lipinski definition) is 5. The first-order valence-electron chi connectivity index (χ1n) is 6.04. The average Bonchev–Trinajstić information content (AvgIpc) is 2.76. The highest BCUT2D eigenvalue weighted by atomic mass is 32.2. The molecule has 0 bridgehead atoms. The highest BCUT2D eigenvalue weighted by Gasteiger charge is 2.08. The van der Waals surface area contributed by atoms with Gasteiger partial charge in [-0.15, -0.1) is 10.2 Å². The van der Waals surface area contributed by atoms with Crippen LogP contribution in [0.4, 0.5) is 10.8 Å². The Morgan fingerprint density at radius 1 is 1.28 bits per heavy atom. The Labute approximate surface area is 116 Å². The lowest BCUT2D eigenvalue weighted by molar-refractivity contribution is 1.00. The monoisotopic (exact) mass is 279 g/mol. The van der Waals surface area contributed by atoms with E-state index in [1.54, 1.807) is 23.1 Å². The maximum atomic E-state index is 4.18. The van der Waals surface area contributed by atoms with Gasteiger partial charge in [-0.3, -0.25) is 0 Å². The second-order valence-corrected chi connectivity index (χ2v) is 6.98. The van der Waals surface area contributed by atoms with Gasteiger partial charge in [-0.1, -0.05) is 62.1 Å². The predicted octanol–water partition coefficient (Wildman–Crippen LogP) is 4.34. The minimum Gasteiger partial charge on any atom is -0.330 e. The fourth-order valence-corrected chi connectivity index (χ4v) is 3.56. The van der Waals surface area contributed by atoms with Crippen LogP contribution in [0, 0.1) is 0 Å². The van der Waals surface area contributed by atoms with Gasteiger partial charge in [0.15, 0.2) is 4.34 Å². The predicted molar refractivity (Wildman–Crippen MR) is 80.0 cm³/mol. The lowest BCUT2D eigenvalue weighted by Gasteiger charge is -2.07. The standard InChI is InChI=1S/C13H17N3S2/c1-4-10-7-5-6-8-11(10)14-12-15-16-13(18-12)17-9(2)3/h5-9H,4H2,1-3H3,(H,14,15). The second kappa shape index (κ2) is 6.20. The van der Waals surface area contributed by atoms with Crippen molar-refractivity contribution in [1.29, 1.82) is 0 Å². The van der Waals surface area contributed by atoms with E-state index in [-0.39, 0.29) is 0 Å². The average molecular weight is 279 g/mol. The van der Waals surface area contributed by atoms with Crippen molar-refractivity contribution in [3.8, 4) is 0 Å². The highest BCUT2D eigenvalue weighted by molar-refractivity contribution is 8.01. The van der Waals surface area contributed by atoms with Crippen molar-refractivity contribution >= 4 is 33.9 Å². The van der Waals surface area contributed by atoms with E-state index in [9.17, 15) is 0 Å². The number of anilines is 2. The molecule has 0 fully saturated rings. The smallest absolute Gasteiger partial charge is 0.210 e. The molecule has 3 nitrogen and oxygen atoms in total. The minimum absolute atomic E-state index is 0.536. The molecule has 0 aliphatic heterocycles. The lowest BCUT2D eigenvalue weighted by atomic mass is 10.1. The Kier molecular flexibility index (Phi) is 4.60. The number of para-hydroxylation sites is 1. The molecule has 0 unspecified atom stereocenters. The molecule has 1 aromatic heterocycles. The third-order valence-corrected chi connectivity index (χ3v) is 4.31. The molecule has 0 aliphatic carbocycles. The number of hydrogen-bond donors (Lipinski definition) is 1. The van der Waals surface area contributed by atoms with E-state index < -0.39 is 0 Å². The topological polar surface area (TPSA) is 37.8 Å². The van der Waals surface area contributed by atoms with Crippen LogP contribution in [-0.2, 0) is 6.42 Å². The Hall–Kier alpha value is -1.07. The zero-order valence-corrected chi connectivity index (χ0v) is 12.4. The van der Waals surface area contributed by atoms with Crippen LogP contribution in [0.25, 0.3) is 0 Å². The number of thioether (sulfide) groups is 1. The quantitative estimate of drug-likeness (QED) is 0.826. The Morgan fingerprint density at radius 2 is 2.06 bits per heavy atom. The summed E-state index contributed by atoms with van der Waals surface area (Å²) in [5.74, 6) is 0. The van der Waals surface area contributed by atoms with Crippen molar-refractivity contribution < 1.29 is 0 Å². The van der Waals surface area contributed by atoms with Crippen LogP contribution < -0.4 is 5.32 Å². The summed E-state index contributed by atoms with van der Waals surface area (Å²) in [6.07, 6.45) is 1.01. The van der Waals surface area contributed by atoms with Crippen LogP contribution in [0.2, 0.25) is 0 Å². The van der Waals surface area contributed by atoms with Crippen molar-refractivity contribution in [2.24, 2.45) is 0 Å². The van der Waals surface area contributed by atoms with Crippen LogP contribution in [0.5, 0.6) is 0 Å². The van der Waals surface area contributed by atoms with Gasteiger partial charge >= 0.3 is 0 Å². The Morgan fingerprint density at radius 3 is 2.78 bits per heavy atom. The molecular formula is C13H17N3S2. The van der Waals surface area contributed by atoms with Crippen LogP contribution in [0.15, 0.2) is 28.6 Å². The molecule has 0 atom stereocenters. The third kappa shape index (κ3) is 3.46. The molecule has 0 aliphatic rings. The van der Waals surface area contributed by atoms with Gasteiger partial charge in [0.2, 0.25) is 5.13 Å². The summed E-state index contributed by atoms with van der Waals surface area (Å²) >= 11 is 3.35. The number of rotatable bonds is 5. The summed E-state index contributed by atoms with van der Waals surface area (Å²) in [4.78, 5) is 0. The molecule has 1 aromatic carbocycles. The number of nitrogens with zero attached hydrogens (tertiary/aromatic N) is 2. The van der Waals surface area contributed by atoms with Gasteiger partial charge in [-0.25, -0.2) is 0 Å². The van der Waals surface area contributed by atoms with Crippen molar-refractivity contribution in [2.75, 3.05) is 5.32 Å². The number of aryl methyl sites for hydroxylation is 1. The molecule has 0 saturated carbocycles. The largest absolute Gasteiger partial charge is 0.330 e. The van der Waals surface area contributed by atoms with E-state index >= 15 is 0 Å². The Bertz CT molecular complexity index is 508. The van der Waals surface area contributed by atoms with Crippen molar-refractivity contribution in [1.82, 2.24) is 10.2 Å². The maximum absolute atomic E-state index is 4.18. The molecule has 96 valence electrons. The number of benzene rings is 1. The van der Waals surface area contributed by atoms with Crippen molar-refractivity contribution in [3.05, 3.63) is 29.8 Å². The van der Waals surface area contributed by atoms with Crippen LogP contribution in [-0.4, -0.2) is 15.4 Å². The molecule has 5 heteroatoms. The number of nitrogens with one attached hydrogen (secondary N) is 1. The maximum Gasteiger partial charge on any atom is 0.210 e. The molecule has 0 saturated heterocycles. The molecular weight excluding hydrogens is 262 g/mol. The summed E-state index contributed by atoms with van der Waals surface area (Å²) < 4.78 is 1.02. The van der Waals surface area contributed by atoms with Crippen molar-refractivity contribution in [2.45, 2.75) is 36.8 Å².